The highest BCUT2D eigenvalue weighted by Crippen LogP contribution is 2.39. The Hall–Kier alpha value is -6.94. The minimum atomic E-state index is -3.89. The maximum absolute atomic E-state index is 13.2. The maximum atomic E-state index is 13.2. The fourth-order valence-electron chi connectivity index (χ4n) is 11.6. The minimum absolute atomic E-state index is 0.00577. The van der Waals surface area contributed by atoms with Gasteiger partial charge in [0, 0.05) is 87.5 Å². The third kappa shape index (κ3) is 13.9. The van der Waals surface area contributed by atoms with Crippen LogP contribution in [0.2, 0.25) is 0 Å². The Labute approximate surface area is 541 Å². The van der Waals surface area contributed by atoms with E-state index >= 15 is 0 Å². The molecular weight excluding hydrogens is 1410 g/mol. The molecule has 0 radical (unpaired) electrons. The molecule has 0 aliphatic carbocycles. The molecule has 6 heterocycles. The van der Waals surface area contributed by atoms with Gasteiger partial charge in [0.25, 0.3) is 0 Å². The number of hydrogen-bond acceptors (Lipinski definition) is 16. The van der Waals surface area contributed by atoms with Gasteiger partial charge in [0.15, 0.2) is 0 Å². The van der Waals surface area contributed by atoms with Gasteiger partial charge >= 0.3 is 24.2 Å². The monoisotopic (exact) mass is 1460 g/mol. The summed E-state index contributed by atoms with van der Waals surface area (Å²) in [7, 11) is -8.49. The van der Waals surface area contributed by atoms with Gasteiger partial charge < -0.3 is 23.7 Å². The zero-order valence-corrected chi connectivity index (χ0v) is 55.3. The van der Waals surface area contributed by atoms with E-state index in [1.807, 2.05) is 60.7 Å². The smallest absolute Gasteiger partial charge is 0.414 e. The average molecular weight is 1470 g/mol. The second kappa shape index (κ2) is 27.7. The van der Waals surface area contributed by atoms with Crippen molar-refractivity contribution in [3.63, 3.8) is 0 Å². The van der Waals surface area contributed by atoms with Crippen molar-refractivity contribution < 1.29 is 68.1 Å². The lowest BCUT2D eigenvalue weighted by atomic mass is 10.0. The summed E-state index contributed by atoms with van der Waals surface area (Å²) >= 11 is 10.3. The molecule has 89 heavy (non-hydrogen) atoms. The summed E-state index contributed by atoms with van der Waals surface area (Å²) in [5.74, 6) is -0.0931. The standard InChI is InChI=1S/C21H21BrN2O6S.C20H18BrN3O4S.C20H21BrN2O5S/c1-29-20(25)17-4-2-3-5-19(17)31(27,28)23-10-8-16(9-11-23)24-18-7-6-15(22)12-14(18)13-30-21(24)26;21-16-5-6-18-15(11-16)13-28-20(25)24(18)17-7-9-23(10-8-17)29(26,27)19-4-2-1-3-14(19)12-22;1-27-17-3-5-18(6-4-17)29(25,26)22-10-8-16(9-11-22)23-19-7-2-15(21)12-14(19)13-28-20(23)24/h2-7,12,16H,8-11,13H2,1H3;1-6,11,17H,7-10,13H2;2-7,12,16H,8-11,13H2,1H3. The van der Waals surface area contributed by atoms with Crippen LogP contribution in [0.25, 0.3) is 0 Å². The number of esters is 1. The van der Waals surface area contributed by atoms with Crippen LogP contribution in [0.4, 0.5) is 31.4 Å². The van der Waals surface area contributed by atoms with Gasteiger partial charge in [0.2, 0.25) is 30.1 Å². The number of methoxy groups -OCH3 is 2. The Bertz CT molecular complexity index is 4080. The summed E-state index contributed by atoms with van der Waals surface area (Å²) in [6.45, 7) is 2.34. The highest BCUT2D eigenvalue weighted by atomic mass is 79.9. The minimum Gasteiger partial charge on any atom is -0.497 e. The number of fused-ring (bicyclic) bond motifs is 3. The summed E-state index contributed by atoms with van der Waals surface area (Å²) in [6, 6.07) is 37.2. The molecule has 0 unspecified atom stereocenters. The molecule has 3 amide bonds. The van der Waals surface area contributed by atoms with E-state index in [4.69, 9.17) is 23.7 Å². The molecule has 28 heteroatoms. The van der Waals surface area contributed by atoms with Crippen LogP contribution in [0.1, 0.15) is 71.1 Å². The van der Waals surface area contributed by atoms with Crippen molar-refractivity contribution in [3.8, 4) is 11.8 Å². The van der Waals surface area contributed by atoms with Gasteiger partial charge in [-0.3, -0.25) is 14.7 Å². The highest BCUT2D eigenvalue weighted by Gasteiger charge is 2.41. The third-order valence-corrected chi connectivity index (χ3v) is 23.5. The van der Waals surface area contributed by atoms with Crippen LogP contribution in [-0.2, 0) is 68.8 Å². The lowest BCUT2D eigenvalue weighted by Crippen LogP contribution is -2.50. The Kier molecular flexibility index (Phi) is 20.2. The molecule has 0 aromatic heterocycles. The molecule has 0 atom stereocenters. The first-order valence-corrected chi connectivity index (χ1v) is 34.9. The summed E-state index contributed by atoms with van der Waals surface area (Å²) in [6.07, 6.45) is 1.74. The van der Waals surface area contributed by atoms with Crippen LogP contribution in [0.15, 0.2) is 155 Å². The van der Waals surface area contributed by atoms with E-state index < -0.39 is 48.2 Å². The van der Waals surface area contributed by atoms with Gasteiger partial charge in [0.05, 0.1) is 57.1 Å². The number of sulfonamides is 3. The molecule has 6 aromatic carbocycles. The molecule has 6 aliphatic rings. The molecule has 0 saturated carbocycles. The number of hydrogen-bond donors (Lipinski definition) is 0. The molecule has 12 rings (SSSR count). The van der Waals surface area contributed by atoms with E-state index in [2.05, 4.69) is 47.8 Å². The highest BCUT2D eigenvalue weighted by molar-refractivity contribution is 9.11. The number of carbonyl (C=O) groups excluding carboxylic acids is 4. The van der Waals surface area contributed by atoms with Crippen LogP contribution < -0.4 is 19.4 Å². The van der Waals surface area contributed by atoms with Crippen LogP contribution in [-0.4, -0.2) is 134 Å². The van der Waals surface area contributed by atoms with Crippen LogP contribution in [0.5, 0.6) is 5.75 Å². The van der Waals surface area contributed by atoms with E-state index in [0.29, 0.717) is 57.4 Å². The maximum Gasteiger partial charge on any atom is 0.414 e. The van der Waals surface area contributed by atoms with Crippen LogP contribution >= 0.6 is 47.8 Å². The van der Waals surface area contributed by atoms with Gasteiger partial charge in [-0.2, -0.15) is 18.2 Å². The molecule has 3 saturated heterocycles. The van der Waals surface area contributed by atoms with Crippen molar-refractivity contribution in [2.75, 3.05) is 68.2 Å². The van der Waals surface area contributed by atoms with E-state index in [1.54, 1.807) is 63.2 Å². The molecule has 22 nitrogen and oxygen atoms in total. The zero-order chi connectivity index (χ0) is 63.4. The predicted molar refractivity (Wildman–Crippen MR) is 338 cm³/mol. The number of nitriles is 1. The molecule has 0 spiro atoms. The number of ether oxygens (including phenoxy) is 5. The van der Waals surface area contributed by atoms with Gasteiger partial charge in [-0.15, -0.1) is 0 Å². The van der Waals surface area contributed by atoms with E-state index in [0.717, 1.165) is 47.2 Å². The Morgan fingerprint density at radius 2 is 0.854 bits per heavy atom. The van der Waals surface area contributed by atoms with Gasteiger partial charge in [0.1, 0.15) is 31.6 Å². The number of anilines is 3. The lowest BCUT2D eigenvalue weighted by molar-refractivity contribution is 0.0595. The third-order valence-electron chi connectivity index (χ3n) is 16.1. The summed E-state index contributed by atoms with van der Waals surface area (Å²) in [5.41, 5.74) is 5.32. The van der Waals surface area contributed by atoms with Crippen molar-refractivity contribution >= 4 is 119 Å². The van der Waals surface area contributed by atoms with Crippen molar-refractivity contribution in [2.45, 2.75) is 91.2 Å². The lowest BCUT2D eigenvalue weighted by Gasteiger charge is -2.39. The number of piperidine rings is 3. The molecule has 6 aromatic rings. The number of nitrogens with zero attached hydrogens (tertiary/aromatic N) is 7. The predicted octanol–water partition coefficient (Wildman–Crippen LogP) is 10.9. The van der Waals surface area contributed by atoms with Gasteiger partial charge in [-0.25, -0.2) is 44.4 Å². The van der Waals surface area contributed by atoms with E-state index in [-0.39, 0.29) is 96.0 Å². The molecule has 0 N–H and O–H groups in total. The molecular formula is C61H60Br3N7O15S3. The second-order valence-electron chi connectivity index (χ2n) is 21.3. The normalized spacial score (nSPS) is 18.0. The fourth-order valence-corrected chi connectivity index (χ4v) is 17.6. The first-order chi connectivity index (χ1) is 42.6. The Morgan fingerprint density at radius 3 is 1.24 bits per heavy atom. The van der Waals surface area contributed by atoms with Crippen molar-refractivity contribution in [2.24, 2.45) is 0 Å². The number of amides is 3. The van der Waals surface area contributed by atoms with Gasteiger partial charge in [-0.1, -0.05) is 72.1 Å². The van der Waals surface area contributed by atoms with E-state index in [1.165, 1.54) is 51.4 Å². The second-order valence-corrected chi connectivity index (χ2v) is 29.8. The summed E-state index contributed by atoms with van der Waals surface area (Å²) in [5, 5.41) is 9.24. The van der Waals surface area contributed by atoms with Crippen LogP contribution in [0, 0.1) is 11.3 Å². The largest absolute Gasteiger partial charge is 0.497 e. The Morgan fingerprint density at radius 1 is 0.494 bits per heavy atom. The number of benzene rings is 6. The molecule has 3 fully saturated rings. The number of halogens is 3. The molecule has 468 valence electrons. The summed E-state index contributed by atoms with van der Waals surface area (Å²) < 4.78 is 111. The molecule has 0 bridgehead atoms. The number of cyclic esters (lactones) is 3. The zero-order valence-electron chi connectivity index (χ0n) is 48.1. The van der Waals surface area contributed by atoms with Gasteiger partial charge in [-0.05, 0) is 142 Å². The molecule has 6 aliphatic heterocycles. The van der Waals surface area contributed by atoms with Crippen LogP contribution in [0.3, 0.4) is 0 Å². The topological polar surface area (TPSA) is 260 Å². The number of carbonyl (C=O) groups is 4. The SMILES string of the molecule is COC(=O)c1ccccc1S(=O)(=O)N1CCC(N2C(=O)OCc3cc(Br)ccc32)CC1.COc1ccc(S(=O)(=O)N2CCC(N3C(=O)OCc4cc(Br)ccc43)CC2)cc1.N#Cc1ccccc1S(=O)(=O)N1CCC(N2C(=O)OCc3cc(Br)ccc32)CC1. The van der Waals surface area contributed by atoms with E-state index in [9.17, 15) is 49.7 Å². The summed E-state index contributed by atoms with van der Waals surface area (Å²) in [4.78, 5) is 54.5. The first-order valence-electron chi connectivity index (χ1n) is 28.2. The number of rotatable bonds is 11. The first kappa shape index (κ1) is 65.0. The van der Waals surface area contributed by atoms with Crippen molar-refractivity contribution in [1.29, 1.82) is 5.26 Å². The quantitative estimate of drug-likeness (QED) is 0.0862. The Balaban J connectivity index is 0.000000147. The average Bonchev–Trinajstić information content (AvgIpc) is 0.955. The van der Waals surface area contributed by atoms with Crippen molar-refractivity contribution in [1.82, 2.24) is 12.9 Å². The fraction of sp³-hybridized carbons (Fsp3) is 0.328. The van der Waals surface area contributed by atoms with Crippen molar-refractivity contribution in [3.05, 3.63) is 169 Å².